The van der Waals surface area contributed by atoms with Crippen molar-refractivity contribution in [3.8, 4) is 0 Å². The zero-order valence-corrected chi connectivity index (χ0v) is 14.7. The number of aryl methyl sites for hydroxylation is 2. The minimum atomic E-state index is 0.681. The molecular weight excluding hydrogens is 308 g/mol. The van der Waals surface area contributed by atoms with E-state index in [1.165, 1.54) is 22.4 Å². The van der Waals surface area contributed by atoms with Crippen molar-refractivity contribution in [1.29, 1.82) is 0 Å². The van der Waals surface area contributed by atoms with Crippen molar-refractivity contribution in [3.05, 3.63) is 77.0 Å². The van der Waals surface area contributed by atoms with E-state index in [1.54, 1.807) is 0 Å². The van der Waals surface area contributed by atoms with Gasteiger partial charge in [0.1, 0.15) is 5.82 Å². The minimum absolute atomic E-state index is 0.681. The zero-order chi connectivity index (χ0) is 17.2. The van der Waals surface area contributed by atoms with E-state index in [4.69, 9.17) is 4.98 Å². The molecule has 3 aromatic rings. The first-order valence-electron chi connectivity index (χ1n) is 8.69. The summed E-state index contributed by atoms with van der Waals surface area (Å²) in [5.41, 5.74) is 6.10. The molecule has 0 spiro atoms. The third-order valence-electron chi connectivity index (χ3n) is 4.58. The molecule has 1 aromatic heterocycles. The fourth-order valence-corrected chi connectivity index (χ4v) is 3.23. The minimum Gasteiger partial charge on any atom is -0.350 e. The van der Waals surface area contributed by atoms with Gasteiger partial charge in [-0.15, -0.1) is 0 Å². The Bertz CT molecular complexity index is 887. The van der Waals surface area contributed by atoms with Gasteiger partial charge in [0.25, 0.3) is 0 Å². The van der Waals surface area contributed by atoms with Crippen molar-refractivity contribution < 1.29 is 0 Å². The second kappa shape index (κ2) is 6.55. The van der Waals surface area contributed by atoms with Crippen LogP contribution >= 0.6 is 0 Å². The Hall–Kier alpha value is -2.88. The maximum absolute atomic E-state index is 4.75. The molecule has 0 saturated heterocycles. The number of rotatable bonds is 4. The van der Waals surface area contributed by atoms with E-state index in [1.807, 2.05) is 6.92 Å². The number of hydrogen-bond donors (Lipinski definition) is 1. The number of benzene rings is 2. The molecule has 25 heavy (non-hydrogen) atoms. The number of nitrogens with zero attached hydrogens (tertiary/aromatic N) is 3. The topological polar surface area (TPSA) is 41.1 Å². The predicted octanol–water partition coefficient (Wildman–Crippen LogP) is 4.40. The number of aromatic nitrogens is 2. The summed E-state index contributed by atoms with van der Waals surface area (Å²) in [5, 5.41) is 3.36. The Labute approximate surface area is 148 Å². The van der Waals surface area contributed by atoms with Gasteiger partial charge in [-0.1, -0.05) is 48.0 Å². The third kappa shape index (κ3) is 3.33. The molecule has 0 fully saturated rings. The van der Waals surface area contributed by atoms with Crippen LogP contribution in [0.4, 0.5) is 17.5 Å². The molecule has 0 atom stereocenters. The van der Waals surface area contributed by atoms with Crippen LogP contribution in [-0.4, -0.2) is 16.5 Å². The summed E-state index contributed by atoms with van der Waals surface area (Å²) in [7, 11) is 0. The maximum Gasteiger partial charge on any atom is 0.225 e. The summed E-state index contributed by atoms with van der Waals surface area (Å²) in [5.74, 6) is 1.64. The van der Waals surface area contributed by atoms with Gasteiger partial charge in [0, 0.05) is 30.5 Å². The summed E-state index contributed by atoms with van der Waals surface area (Å²) < 4.78 is 0. The molecule has 0 unspecified atom stereocenters. The lowest BCUT2D eigenvalue weighted by Crippen LogP contribution is -2.16. The Balaban J connectivity index is 1.56. The van der Waals surface area contributed by atoms with Crippen LogP contribution in [-0.2, 0) is 13.0 Å². The van der Waals surface area contributed by atoms with E-state index < -0.39 is 0 Å². The number of nitrogens with one attached hydrogen (secondary N) is 1. The van der Waals surface area contributed by atoms with Gasteiger partial charge < -0.3 is 10.2 Å². The normalized spacial score (nSPS) is 13.0. The fourth-order valence-electron chi connectivity index (χ4n) is 3.23. The van der Waals surface area contributed by atoms with Gasteiger partial charge in [-0.2, -0.15) is 4.98 Å². The zero-order valence-electron chi connectivity index (χ0n) is 14.7. The molecule has 1 N–H and O–H groups in total. The van der Waals surface area contributed by atoms with Crippen molar-refractivity contribution in [2.24, 2.45) is 0 Å². The molecule has 2 aromatic carbocycles. The molecule has 1 aliphatic rings. The lowest BCUT2D eigenvalue weighted by Gasteiger charge is -2.19. The highest BCUT2D eigenvalue weighted by Crippen LogP contribution is 2.33. The van der Waals surface area contributed by atoms with Gasteiger partial charge in [-0.05, 0) is 37.5 Å². The van der Waals surface area contributed by atoms with Crippen LogP contribution in [0.25, 0.3) is 0 Å². The Morgan fingerprint density at radius 1 is 1.00 bits per heavy atom. The molecule has 0 aliphatic carbocycles. The predicted molar refractivity (Wildman–Crippen MR) is 102 cm³/mol. The van der Waals surface area contributed by atoms with Crippen LogP contribution in [0, 0.1) is 13.8 Å². The molecular formula is C21H22N4. The summed E-state index contributed by atoms with van der Waals surface area (Å²) in [6.45, 7) is 5.80. The van der Waals surface area contributed by atoms with Gasteiger partial charge in [-0.25, -0.2) is 4.98 Å². The third-order valence-corrected chi connectivity index (χ3v) is 4.58. The molecule has 1 aliphatic heterocycles. The monoisotopic (exact) mass is 330 g/mol. The average Bonchev–Trinajstić information content (AvgIpc) is 3.05. The number of fused-ring (bicyclic) bond motifs is 1. The summed E-state index contributed by atoms with van der Waals surface area (Å²) >= 11 is 0. The highest BCUT2D eigenvalue weighted by Gasteiger charge is 2.21. The highest BCUT2D eigenvalue weighted by atomic mass is 15.2. The molecule has 2 heterocycles. The quantitative estimate of drug-likeness (QED) is 0.770. The first-order chi connectivity index (χ1) is 12.2. The van der Waals surface area contributed by atoms with E-state index in [2.05, 4.69) is 76.7 Å². The van der Waals surface area contributed by atoms with Crippen LogP contribution in [0.5, 0.6) is 0 Å². The van der Waals surface area contributed by atoms with Crippen LogP contribution in [0.2, 0.25) is 0 Å². The fraction of sp³-hybridized carbons (Fsp3) is 0.238. The molecule has 0 bridgehead atoms. The smallest absolute Gasteiger partial charge is 0.225 e. The lowest BCUT2D eigenvalue weighted by atomic mass is 10.1. The summed E-state index contributed by atoms with van der Waals surface area (Å²) in [6.07, 6.45) is 1.06. The summed E-state index contributed by atoms with van der Waals surface area (Å²) in [4.78, 5) is 11.6. The molecule has 0 saturated carbocycles. The van der Waals surface area contributed by atoms with Crippen molar-refractivity contribution >= 4 is 17.5 Å². The van der Waals surface area contributed by atoms with E-state index >= 15 is 0 Å². The molecule has 4 nitrogen and oxygen atoms in total. The van der Waals surface area contributed by atoms with Crippen LogP contribution in [0.15, 0.2) is 54.6 Å². The van der Waals surface area contributed by atoms with Crippen molar-refractivity contribution in [1.82, 2.24) is 9.97 Å². The van der Waals surface area contributed by atoms with Crippen LogP contribution in [0.1, 0.15) is 22.4 Å². The van der Waals surface area contributed by atoms with Crippen molar-refractivity contribution in [2.45, 2.75) is 26.8 Å². The van der Waals surface area contributed by atoms with Crippen LogP contribution in [0.3, 0.4) is 0 Å². The van der Waals surface area contributed by atoms with Gasteiger partial charge >= 0.3 is 0 Å². The van der Waals surface area contributed by atoms with E-state index in [-0.39, 0.29) is 0 Å². The SMILES string of the molecule is Cc1ccc(CNc2nc(C)cc(N3CCc4ccccc43)n2)cc1. The van der Waals surface area contributed by atoms with Gasteiger partial charge in [0.05, 0.1) is 0 Å². The summed E-state index contributed by atoms with van der Waals surface area (Å²) in [6, 6.07) is 19.1. The maximum atomic E-state index is 4.75. The lowest BCUT2D eigenvalue weighted by molar-refractivity contribution is 0.948. The molecule has 0 amide bonds. The van der Waals surface area contributed by atoms with Crippen molar-refractivity contribution in [3.63, 3.8) is 0 Å². The number of para-hydroxylation sites is 1. The van der Waals surface area contributed by atoms with E-state index in [0.29, 0.717) is 5.95 Å². The van der Waals surface area contributed by atoms with Gasteiger partial charge in [0.15, 0.2) is 0 Å². The first-order valence-corrected chi connectivity index (χ1v) is 8.69. The second-order valence-corrected chi connectivity index (χ2v) is 6.56. The molecule has 0 radical (unpaired) electrons. The Morgan fingerprint density at radius 2 is 1.80 bits per heavy atom. The Kier molecular flexibility index (Phi) is 4.10. The largest absolute Gasteiger partial charge is 0.350 e. The standard InChI is InChI=1S/C21H22N4/c1-15-7-9-17(10-8-15)14-22-21-23-16(2)13-20(24-21)25-12-11-18-5-3-4-6-19(18)25/h3-10,13H,11-12,14H2,1-2H3,(H,22,23,24). The highest BCUT2D eigenvalue weighted by molar-refractivity contribution is 5.68. The van der Waals surface area contributed by atoms with Crippen molar-refractivity contribution in [2.75, 3.05) is 16.8 Å². The van der Waals surface area contributed by atoms with E-state index in [0.717, 1.165) is 31.0 Å². The van der Waals surface area contributed by atoms with E-state index in [9.17, 15) is 0 Å². The number of hydrogen-bond acceptors (Lipinski definition) is 4. The van der Waals surface area contributed by atoms with Crippen LogP contribution < -0.4 is 10.2 Å². The van der Waals surface area contributed by atoms with Gasteiger partial charge in [0.2, 0.25) is 5.95 Å². The van der Waals surface area contributed by atoms with Gasteiger partial charge in [-0.3, -0.25) is 0 Å². The second-order valence-electron chi connectivity index (χ2n) is 6.56. The average molecular weight is 330 g/mol. The Morgan fingerprint density at radius 3 is 2.64 bits per heavy atom. The molecule has 4 heteroatoms. The molecule has 4 rings (SSSR count). The number of anilines is 3. The first kappa shape index (κ1) is 15.6. The molecule has 126 valence electrons.